The van der Waals surface area contributed by atoms with Crippen molar-refractivity contribution in [1.82, 2.24) is 9.62 Å². The molecule has 0 radical (unpaired) electrons. The molecule has 0 aliphatic carbocycles. The Morgan fingerprint density at radius 2 is 1.64 bits per heavy atom. The van der Waals surface area contributed by atoms with Crippen LogP contribution in [0.5, 0.6) is 11.5 Å². The van der Waals surface area contributed by atoms with Gasteiger partial charge >= 0.3 is 0 Å². The monoisotopic (exact) mass is 404 g/mol. The number of ether oxygens (including phenoxy) is 2. The molecule has 0 saturated heterocycles. The van der Waals surface area contributed by atoms with Gasteiger partial charge in [0.2, 0.25) is 10.0 Å². The fourth-order valence-corrected chi connectivity index (χ4v) is 3.95. The fraction of sp³-hybridized carbons (Fsp3) is 0.350. The number of fused-ring (bicyclic) bond motifs is 1. The van der Waals surface area contributed by atoms with Crippen LogP contribution in [0.4, 0.5) is 0 Å². The minimum Gasteiger partial charge on any atom is -0.486 e. The molecule has 0 unspecified atom stereocenters. The summed E-state index contributed by atoms with van der Waals surface area (Å²) in [6.07, 6.45) is 0. The third kappa shape index (κ3) is 4.45. The Kier molecular flexibility index (Phi) is 6.21. The van der Waals surface area contributed by atoms with Crippen LogP contribution in [0.2, 0.25) is 0 Å². The first kappa shape index (κ1) is 20.2. The maximum absolute atomic E-state index is 12.6. The molecule has 0 spiro atoms. The van der Waals surface area contributed by atoms with Crippen molar-refractivity contribution in [3.63, 3.8) is 0 Å². The number of rotatable bonds is 7. The van der Waals surface area contributed by atoms with E-state index >= 15 is 0 Å². The van der Waals surface area contributed by atoms with Crippen LogP contribution in [-0.4, -0.2) is 45.5 Å². The molecule has 0 fully saturated rings. The molecule has 1 heterocycles. The van der Waals surface area contributed by atoms with Crippen molar-refractivity contribution in [2.45, 2.75) is 25.3 Å². The number of amides is 1. The largest absolute Gasteiger partial charge is 0.486 e. The van der Waals surface area contributed by atoms with E-state index in [1.54, 1.807) is 35.2 Å². The Hall–Kier alpha value is -2.58. The second kappa shape index (κ2) is 8.62. The minimum absolute atomic E-state index is 0.112. The Bertz CT molecular complexity index is 938. The molecular weight excluding hydrogens is 380 g/mol. The summed E-state index contributed by atoms with van der Waals surface area (Å²) in [5, 5.41) is 0. The van der Waals surface area contributed by atoms with Gasteiger partial charge in [-0.15, -0.1) is 0 Å². The first-order valence-corrected chi connectivity index (χ1v) is 10.7. The molecule has 0 aromatic heterocycles. The molecule has 7 nitrogen and oxygen atoms in total. The number of carbonyl (C=O) groups is 1. The van der Waals surface area contributed by atoms with Gasteiger partial charge in [-0.2, -0.15) is 0 Å². The summed E-state index contributed by atoms with van der Waals surface area (Å²) in [5.41, 5.74) is 1.23. The van der Waals surface area contributed by atoms with Crippen molar-refractivity contribution < 1.29 is 22.7 Å². The molecule has 8 heteroatoms. The number of sulfonamides is 1. The smallest absolute Gasteiger partial charge is 0.253 e. The second-order valence-corrected chi connectivity index (χ2v) is 8.07. The zero-order chi connectivity index (χ0) is 20.1. The normalized spacial score (nSPS) is 13.2. The summed E-state index contributed by atoms with van der Waals surface area (Å²) in [4.78, 5) is 14.1. The van der Waals surface area contributed by atoms with Gasteiger partial charge in [0.1, 0.15) is 13.2 Å². The standard InChI is InChI=1S/C20H24N2O5S/c1-3-22(4-2)20(23)16-6-8-17(9-7-16)28(24,25)21-14-15-5-10-18-19(13-15)27-12-11-26-18/h5-10,13,21H,3-4,11-12,14H2,1-2H3. The molecule has 1 aliphatic heterocycles. The fourth-order valence-electron chi connectivity index (χ4n) is 2.93. The van der Waals surface area contributed by atoms with E-state index < -0.39 is 10.0 Å². The van der Waals surface area contributed by atoms with Gasteiger partial charge in [-0.05, 0) is 55.8 Å². The number of benzene rings is 2. The lowest BCUT2D eigenvalue weighted by molar-refractivity contribution is 0.0773. The lowest BCUT2D eigenvalue weighted by Crippen LogP contribution is -2.30. The lowest BCUT2D eigenvalue weighted by Gasteiger charge is -2.19. The summed E-state index contributed by atoms with van der Waals surface area (Å²) < 4.78 is 38.7. The van der Waals surface area contributed by atoms with Crippen LogP contribution >= 0.6 is 0 Å². The second-order valence-electron chi connectivity index (χ2n) is 6.30. The Balaban J connectivity index is 1.68. The van der Waals surface area contributed by atoms with E-state index in [4.69, 9.17) is 9.47 Å². The van der Waals surface area contributed by atoms with E-state index in [-0.39, 0.29) is 17.3 Å². The molecule has 3 rings (SSSR count). The highest BCUT2D eigenvalue weighted by molar-refractivity contribution is 7.89. The SMILES string of the molecule is CCN(CC)C(=O)c1ccc(S(=O)(=O)NCc2ccc3c(c2)OCCO3)cc1. The van der Waals surface area contributed by atoms with E-state index in [2.05, 4.69) is 4.72 Å². The number of nitrogens with one attached hydrogen (secondary N) is 1. The van der Waals surface area contributed by atoms with Crippen LogP contribution in [0.3, 0.4) is 0 Å². The van der Waals surface area contributed by atoms with E-state index in [9.17, 15) is 13.2 Å². The molecule has 0 atom stereocenters. The molecule has 1 amide bonds. The lowest BCUT2D eigenvalue weighted by atomic mass is 10.2. The van der Waals surface area contributed by atoms with Crippen molar-refractivity contribution in [3.05, 3.63) is 53.6 Å². The van der Waals surface area contributed by atoms with Crippen molar-refractivity contribution in [2.24, 2.45) is 0 Å². The summed E-state index contributed by atoms with van der Waals surface area (Å²) >= 11 is 0. The summed E-state index contributed by atoms with van der Waals surface area (Å²) in [7, 11) is -3.70. The highest BCUT2D eigenvalue weighted by Crippen LogP contribution is 2.30. The van der Waals surface area contributed by atoms with Gasteiger partial charge in [0.05, 0.1) is 4.90 Å². The number of hydrogen-bond acceptors (Lipinski definition) is 5. The number of carbonyl (C=O) groups excluding carboxylic acids is 1. The van der Waals surface area contributed by atoms with E-state index in [1.807, 2.05) is 13.8 Å². The Morgan fingerprint density at radius 1 is 1.00 bits per heavy atom. The molecule has 1 N–H and O–H groups in total. The molecule has 2 aromatic carbocycles. The molecule has 2 aromatic rings. The topological polar surface area (TPSA) is 84.9 Å². The van der Waals surface area contributed by atoms with Crippen LogP contribution in [-0.2, 0) is 16.6 Å². The van der Waals surface area contributed by atoms with Gasteiger partial charge in [0.15, 0.2) is 11.5 Å². The van der Waals surface area contributed by atoms with Crippen LogP contribution in [0.25, 0.3) is 0 Å². The maximum Gasteiger partial charge on any atom is 0.253 e. The average molecular weight is 404 g/mol. The van der Waals surface area contributed by atoms with Crippen molar-refractivity contribution in [1.29, 1.82) is 0 Å². The van der Waals surface area contributed by atoms with Gasteiger partial charge in [0.25, 0.3) is 5.91 Å². The van der Waals surface area contributed by atoms with E-state index in [0.717, 1.165) is 5.56 Å². The Labute approximate surface area is 165 Å². The zero-order valence-electron chi connectivity index (χ0n) is 16.0. The summed E-state index contributed by atoms with van der Waals surface area (Å²) in [5.74, 6) is 1.16. The van der Waals surface area contributed by atoms with Crippen LogP contribution in [0.15, 0.2) is 47.4 Å². The third-order valence-corrected chi connectivity index (χ3v) is 5.95. The summed E-state index contributed by atoms with van der Waals surface area (Å²) in [6.45, 7) is 6.12. The molecule has 28 heavy (non-hydrogen) atoms. The molecule has 150 valence electrons. The average Bonchev–Trinajstić information content (AvgIpc) is 2.73. The van der Waals surface area contributed by atoms with Crippen molar-refractivity contribution >= 4 is 15.9 Å². The minimum atomic E-state index is -3.70. The molecule has 1 aliphatic rings. The highest BCUT2D eigenvalue weighted by atomic mass is 32.2. The van der Waals surface area contributed by atoms with Gasteiger partial charge in [-0.1, -0.05) is 6.07 Å². The van der Waals surface area contributed by atoms with Gasteiger partial charge in [-0.25, -0.2) is 13.1 Å². The predicted octanol–water partition coefficient (Wildman–Crippen LogP) is 2.42. The molecular formula is C20H24N2O5S. The van der Waals surface area contributed by atoms with Gasteiger partial charge in [0, 0.05) is 25.2 Å². The maximum atomic E-state index is 12.6. The van der Waals surface area contributed by atoms with Crippen LogP contribution in [0, 0.1) is 0 Å². The number of nitrogens with zero attached hydrogens (tertiary/aromatic N) is 1. The van der Waals surface area contributed by atoms with Crippen molar-refractivity contribution in [2.75, 3.05) is 26.3 Å². The van der Waals surface area contributed by atoms with Gasteiger partial charge in [-0.3, -0.25) is 4.79 Å². The zero-order valence-corrected chi connectivity index (χ0v) is 16.8. The first-order valence-electron chi connectivity index (χ1n) is 9.22. The van der Waals surface area contributed by atoms with E-state index in [0.29, 0.717) is 43.4 Å². The molecule has 0 bridgehead atoms. The third-order valence-electron chi connectivity index (χ3n) is 4.54. The predicted molar refractivity (Wildman–Crippen MR) is 105 cm³/mol. The quantitative estimate of drug-likeness (QED) is 0.766. The Morgan fingerprint density at radius 3 is 2.29 bits per heavy atom. The molecule has 0 saturated carbocycles. The number of hydrogen-bond donors (Lipinski definition) is 1. The van der Waals surface area contributed by atoms with Crippen LogP contribution < -0.4 is 14.2 Å². The first-order chi connectivity index (χ1) is 13.4. The summed E-state index contributed by atoms with van der Waals surface area (Å²) in [6, 6.07) is 11.3. The van der Waals surface area contributed by atoms with Gasteiger partial charge < -0.3 is 14.4 Å². The van der Waals surface area contributed by atoms with Crippen LogP contribution in [0.1, 0.15) is 29.8 Å². The van der Waals surface area contributed by atoms with E-state index in [1.165, 1.54) is 12.1 Å². The van der Waals surface area contributed by atoms with Crippen molar-refractivity contribution in [3.8, 4) is 11.5 Å². The highest BCUT2D eigenvalue weighted by Gasteiger charge is 2.18.